The summed E-state index contributed by atoms with van der Waals surface area (Å²) in [6.07, 6.45) is 1.47. The van der Waals surface area contributed by atoms with Gasteiger partial charge in [0.05, 0.1) is 12.2 Å². The molecule has 7 heteroatoms. The summed E-state index contributed by atoms with van der Waals surface area (Å²) in [5.41, 5.74) is 0.795. The van der Waals surface area contributed by atoms with E-state index in [1.807, 2.05) is 0 Å². The predicted octanol–water partition coefficient (Wildman–Crippen LogP) is 3.51. The van der Waals surface area contributed by atoms with Crippen LogP contribution in [0.5, 0.6) is 0 Å². The lowest BCUT2D eigenvalue weighted by molar-refractivity contribution is -0.116. The number of benzene rings is 1. The molecule has 0 radical (unpaired) electrons. The highest BCUT2D eigenvalue weighted by atomic mass is 35.5. The quantitative estimate of drug-likeness (QED) is 0.603. The molecule has 2 rings (SSSR count). The van der Waals surface area contributed by atoms with Crippen LogP contribution in [0.15, 0.2) is 42.6 Å². The summed E-state index contributed by atoms with van der Waals surface area (Å²) in [4.78, 5) is 39.6. The van der Waals surface area contributed by atoms with Gasteiger partial charge in [-0.2, -0.15) is 0 Å². The number of nitrogens with zero attached hydrogens (tertiary/aromatic N) is 1. The fourth-order valence-corrected chi connectivity index (χ4v) is 2.18. The van der Waals surface area contributed by atoms with Crippen molar-refractivity contribution in [1.82, 2.24) is 4.98 Å². The van der Waals surface area contributed by atoms with E-state index in [1.54, 1.807) is 31.2 Å². The van der Waals surface area contributed by atoms with Crippen LogP contribution in [0.3, 0.4) is 0 Å². The summed E-state index contributed by atoms with van der Waals surface area (Å²) in [5, 5.41) is 3.11. The molecule has 1 heterocycles. The lowest BCUT2D eigenvalue weighted by Crippen LogP contribution is -2.15. The Morgan fingerprint density at radius 1 is 1.08 bits per heavy atom. The predicted molar refractivity (Wildman–Crippen MR) is 93.8 cm³/mol. The second-order valence-corrected chi connectivity index (χ2v) is 5.56. The molecule has 1 aromatic heterocycles. The maximum Gasteiger partial charge on any atom is 0.338 e. The van der Waals surface area contributed by atoms with E-state index in [0.29, 0.717) is 16.1 Å². The molecule has 1 amide bonds. The topological polar surface area (TPSA) is 85.4 Å². The number of anilines is 1. The molecular formula is C18H17ClN2O4. The molecule has 0 aliphatic heterocycles. The third kappa shape index (κ3) is 5.69. The van der Waals surface area contributed by atoms with Crippen LogP contribution in [0.4, 0.5) is 5.82 Å². The van der Waals surface area contributed by atoms with Crippen LogP contribution in [0.25, 0.3) is 0 Å². The first-order valence-corrected chi connectivity index (χ1v) is 8.09. The molecule has 0 fully saturated rings. The van der Waals surface area contributed by atoms with E-state index < -0.39 is 5.97 Å². The molecule has 0 atom stereocenters. The fourth-order valence-electron chi connectivity index (χ4n) is 2.05. The number of ketones is 1. The smallest absolute Gasteiger partial charge is 0.338 e. The van der Waals surface area contributed by atoms with E-state index in [1.165, 1.54) is 18.3 Å². The highest BCUT2D eigenvalue weighted by Gasteiger charge is 2.12. The van der Waals surface area contributed by atoms with Gasteiger partial charge in [0.1, 0.15) is 5.82 Å². The summed E-state index contributed by atoms with van der Waals surface area (Å²) in [6.45, 7) is 1.97. The third-order valence-electron chi connectivity index (χ3n) is 3.28. The minimum Gasteiger partial charge on any atom is -0.462 e. The minimum absolute atomic E-state index is 0.00672. The Morgan fingerprint density at radius 2 is 1.80 bits per heavy atom. The molecule has 6 nitrogen and oxygen atoms in total. The summed E-state index contributed by atoms with van der Waals surface area (Å²) >= 11 is 5.77. The second kappa shape index (κ2) is 8.94. The molecule has 130 valence electrons. The summed E-state index contributed by atoms with van der Waals surface area (Å²) in [6, 6.07) is 9.41. The minimum atomic E-state index is -0.488. The fraction of sp³-hybridized carbons (Fsp3) is 0.222. The maximum absolute atomic E-state index is 12.0. The zero-order valence-electron chi connectivity index (χ0n) is 13.6. The number of hydrogen-bond donors (Lipinski definition) is 1. The van der Waals surface area contributed by atoms with Crippen molar-refractivity contribution in [2.24, 2.45) is 0 Å². The number of amides is 1. The number of esters is 1. The molecule has 0 saturated carbocycles. The summed E-state index contributed by atoms with van der Waals surface area (Å²) in [5.74, 6) is -0.774. The Balaban J connectivity index is 1.90. The first-order chi connectivity index (χ1) is 12.0. The van der Waals surface area contributed by atoms with Gasteiger partial charge in [-0.3, -0.25) is 9.59 Å². The zero-order chi connectivity index (χ0) is 18.2. The largest absolute Gasteiger partial charge is 0.462 e. The van der Waals surface area contributed by atoms with E-state index in [4.69, 9.17) is 16.3 Å². The molecule has 1 aromatic carbocycles. The van der Waals surface area contributed by atoms with E-state index in [9.17, 15) is 14.4 Å². The summed E-state index contributed by atoms with van der Waals surface area (Å²) < 4.78 is 4.89. The van der Waals surface area contributed by atoms with E-state index in [-0.39, 0.29) is 37.0 Å². The van der Waals surface area contributed by atoms with Crippen molar-refractivity contribution in [2.75, 3.05) is 11.9 Å². The number of ether oxygens (including phenoxy) is 1. The van der Waals surface area contributed by atoms with Crippen molar-refractivity contribution in [3.8, 4) is 0 Å². The molecule has 0 unspecified atom stereocenters. The van der Waals surface area contributed by atoms with Crippen LogP contribution in [-0.4, -0.2) is 29.3 Å². The molecule has 1 N–H and O–H groups in total. The number of carbonyl (C=O) groups excluding carboxylic acids is 3. The molecular weight excluding hydrogens is 344 g/mol. The first-order valence-electron chi connectivity index (χ1n) is 7.71. The van der Waals surface area contributed by atoms with Crippen LogP contribution in [0.1, 0.15) is 40.5 Å². The van der Waals surface area contributed by atoms with Crippen molar-refractivity contribution in [1.29, 1.82) is 0 Å². The van der Waals surface area contributed by atoms with Gasteiger partial charge >= 0.3 is 5.97 Å². The molecule has 0 aliphatic carbocycles. The average Bonchev–Trinajstić information content (AvgIpc) is 2.61. The number of Topliss-reactive ketones (excluding diaryl/α,β-unsaturated/α-hetero) is 1. The Bertz CT molecular complexity index is 775. The third-order valence-corrected chi connectivity index (χ3v) is 3.54. The second-order valence-electron chi connectivity index (χ2n) is 5.13. The van der Waals surface area contributed by atoms with E-state index in [0.717, 1.165) is 0 Å². The normalized spacial score (nSPS) is 10.2. The van der Waals surface area contributed by atoms with Gasteiger partial charge in [0.25, 0.3) is 0 Å². The van der Waals surface area contributed by atoms with Gasteiger partial charge in [0.15, 0.2) is 5.78 Å². The maximum atomic E-state index is 12.0. The zero-order valence-corrected chi connectivity index (χ0v) is 14.4. The van der Waals surface area contributed by atoms with E-state index in [2.05, 4.69) is 10.3 Å². The molecule has 25 heavy (non-hydrogen) atoms. The van der Waals surface area contributed by atoms with Gasteiger partial charge in [-0.25, -0.2) is 9.78 Å². The monoisotopic (exact) mass is 360 g/mol. The number of nitrogens with one attached hydrogen (secondary N) is 1. The van der Waals surface area contributed by atoms with Crippen LogP contribution in [0, 0.1) is 0 Å². The van der Waals surface area contributed by atoms with Gasteiger partial charge in [0.2, 0.25) is 5.91 Å². The number of aromatic nitrogens is 1. The SMILES string of the molecule is CCOC(=O)c1ccnc(NC(=O)CCC(=O)c2ccc(Cl)cc2)c1. The molecule has 2 aromatic rings. The van der Waals surface area contributed by atoms with Gasteiger partial charge in [-0.05, 0) is 43.3 Å². The number of rotatable bonds is 7. The highest BCUT2D eigenvalue weighted by molar-refractivity contribution is 6.30. The standard InChI is InChI=1S/C18H17ClN2O4/c1-2-25-18(24)13-9-10-20-16(11-13)21-17(23)8-7-15(22)12-3-5-14(19)6-4-12/h3-6,9-11H,2,7-8H2,1H3,(H,20,21,23). The first kappa shape index (κ1) is 18.6. The van der Waals surface area contributed by atoms with Crippen molar-refractivity contribution in [3.63, 3.8) is 0 Å². The number of halogens is 1. The average molecular weight is 361 g/mol. The van der Waals surface area contributed by atoms with Gasteiger partial charge in [-0.1, -0.05) is 11.6 Å². The Hall–Kier alpha value is -2.73. The van der Waals surface area contributed by atoms with Crippen molar-refractivity contribution in [3.05, 3.63) is 58.7 Å². The Labute approximate surface area is 150 Å². The van der Waals surface area contributed by atoms with Crippen LogP contribution in [-0.2, 0) is 9.53 Å². The van der Waals surface area contributed by atoms with Crippen molar-refractivity contribution < 1.29 is 19.1 Å². The molecule has 0 saturated heterocycles. The lowest BCUT2D eigenvalue weighted by Gasteiger charge is -2.06. The summed E-state index contributed by atoms with van der Waals surface area (Å²) in [7, 11) is 0. The van der Waals surface area contributed by atoms with Crippen LogP contribution >= 0.6 is 11.6 Å². The van der Waals surface area contributed by atoms with Gasteiger partial charge in [-0.15, -0.1) is 0 Å². The number of pyridine rings is 1. The highest BCUT2D eigenvalue weighted by Crippen LogP contribution is 2.13. The molecule has 0 aliphatic rings. The number of hydrogen-bond acceptors (Lipinski definition) is 5. The Kier molecular flexibility index (Phi) is 6.65. The van der Waals surface area contributed by atoms with Crippen molar-refractivity contribution in [2.45, 2.75) is 19.8 Å². The lowest BCUT2D eigenvalue weighted by atomic mass is 10.1. The van der Waals surface area contributed by atoms with E-state index >= 15 is 0 Å². The molecule has 0 spiro atoms. The Morgan fingerprint density at radius 3 is 2.48 bits per heavy atom. The van der Waals surface area contributed by atoms with Gasteiger partial charge in [0, 0.05) is 29.6 Å². The van der Waals surface area contributed by atoms with Gasteiger partial charge < -0.3 is 10.1 Å². The number of carbonyl (C=O) groups is 3. The van der Waals surface area contributed by atoms with Crippen molar-refractivity contribution >= 4 is 35.1 Å². The molecule has 0 bridgehead atoms. The van der Waals surface area contributed by atoms with Crippen LogP contribution in [0.2, 0.25) is 5.02 Å². The van der Waals surface area contributed by atoms with Crippen LogP contribution < -0.4 is 5.32 Å².